The van der Waals surface area contributed by atoms with Crippen molar-refractivity contribution in [3.63, 3.8) is 0 Å². The average Bonchev–Trinajstić information content (AvgIpc) is 3.70. The van der Waals surface area contributed by atoms with E-state index in [1.54, 1.807) is 0 Å². The molecule has 51 heavy (non-hydrogen) atoms. The van der Waals surface area contributed by atoms with Crippen molar-refractivity contribution in [1.82, 2.24) is 0 Å². The fourth-order valence-electron chi connectivity index (χ4n) is 8.47. The summed E-state index contributed by atoms with van der Waals surface area (Å²) in [5.74, 6) is 0. The molecule has 0 bridgehead atoms. The molecule has 8 aromatic carbocycles. The molecule has 10 rings (SSSR count). The van der Waals surface area contributed by atoms with Crippen molar-refractivity contribution in [2.24, 2.45) is 0 Å². The van der Waals surface area contributed by atoms with Crippen LogP contribution in [-0.4, -0.2) is 0 Å². The summed E-state index contributed by atoms with van der Waals surface area (Å²) in [5, 5.41) is 4.82. The minimum absolute atomic E-state index is 0.158. The molecule has 0 saturated carbocycles. The molecule has 1 aromatic heterocycles. The predicted molar refractivity (Wildman–Crippen MR) is 214 cm³/mol. The second-order valence-electron chi connectivity index (χ2n) is 14.1. The van der Waals surface area contributed by atoms with Gasteiger partial charge in [-0.15, -0.1) is 0 Å². The van der Waals surface area contributed by atoms with Crippen molar-refractivity contribution >= 4 is 49.8 Å². The molecule has 0 amide bonds. The van der Waals surface area contributed by atoms with Gasteiger partial charge in [0.25, 0.3) is 0 Å². The third-order valence-electron chi connectivity index (χ3n) is 10.8. The summed E-state index contributed by atoms with van der Waals surface area (Å²) in [5.41, 5.74) is 14.8. The lowest BCUT2D eigenvalue weighted by Crippen LogP contribution is -2.15. The average molecular weight is 654 g/mol. The zero-order chi connectivity index (χ0) is 34.1. The molecule has 1 aliphatic rings. The Labute approximate surface area is 297 Å². The highest BCUT2D eigenvalue weighted by Crippen LogP contribution is 2.56. The van der Waals surface area contributed by atoms with Crippen molar-refractivity contribution < 1.29 is 4.42 Å². The van der Waals surface area contributed by atoms with Gasteiger partial charge >= 0.3 is 0 Å². The van der Waals surface area contributed by atoms with Gasteiger partial charge < -0.3 is 9.32 Å². The number of anilines is 3. The predicted octanol–water partition coefficient (Wildman–Crippen LogP) is 13.8. The van der Waals surface area contributed by atoms with Crippen LogP contribution in [0.4, 0.5) is 17.1 Å². The van der Waals surface area contributed by atoms with E-state index in [2.05, 4.69) is 195 Å². The molecule has 2 nitrogen and oxygen atoms in total. The highest BCUT2D eigenvalue weighted by molar-refractivity contribution is 6.26. The van der Waals surface area contributed by atoms with E-state index in [0.717, 1.165) is 33.6 Å². The first-order valence-electron chi connectivity index (χ1n) is 17.7. The van der Waals surface area contributed by atoms with Gasteiger partial charge in [0.2, 0.25) is 0 Å². The monoisotopic (exact) mass is 653 g/mol. The lowest BCUT2D eigenvalue weighted by molar-refractivity contribution is 0.658. The number of para-hydroxylation sites is 1. The van der Waals surface area contributed by atoms with E-state index in [-0.39, 0.29) is 5.41 Å². The fourth-order valence-corrected chi connectivity index (χ4v) is 8.47. The van der Waals surface area contributed by atoms with Crippen LogP contribution in [0, 0.1) is 0 Å². The first-order valence-corrected chi connectivity index (χ1v) is 17.7. The van der Waals surface area contributed by atoms with Gasteiger partial charge in [0.15, 0.2) is 5.58 Å². The Morgan fingerprint density at radius 2 is 0.941 bits per heavy atom. The Kier molecular flexibility index (Phi) is 6.56. The van der Waals surface area contributed by atoms with Crippen molar-refractivity contribution in [1.29, 1.82) is 0 Å². The van der Waals surface area contributed by atoms with E-state index in [9.17, 15) is 0 Å². The van der Waals surface area contributed by atoms with Crippen LogP contribution >= 0.6 is 0 Å². The van der Waals surface area contributed by atoms with Crippen LogP contribution in [-0.2, 0) is 5.41 Å². The number of hydrogen-bond acceptors (Lipinski definition) is 2. The van der Waals surface area contributed by atoms with Crippen LogP contribution in [0.15, 0.2) is 180 Å². The topological polar surface area (TPSA) is 16.4 Å². The summed E-state index contributed by atoms with van der Waals surface area (Å²) in [4.78, 5) is 2.34. The van der Waals surface area contributed by atoms with Crippen molar-refractivity contribution in [2.45, 2.75) is 19.3 Å². The molecule has 242 valence electrons. The van der Waals surface area contributed by atoms with Crippen LogP contribution in [0.3, 0.4) is 0 Å². The number of benzene rings is 8. The molecular formula is C49H35NO. The SMILES string of the molecule is CC1(C)c2ccccc2-c2c1c1ccccc1c1c2oc2c(N(c3ccc(-c4ccccc4)cc3)c3ccc(-c4ccccc4)cc3)cccc21. The quantitative estimate of drug-likeness (QED) is 0.184. The molecule has 0 atom stereocenters. The molecule has 9 aromatic rings. The minimum Gasteiger partial charge on any atom is -0.453 e. The summed E-state index contributed by atoms with van der Waals surface area (Å²) < 4.78 is 7.25. The number of fused-ring (bicyclic) bond motifs is 10. The maximum absolute atomic E-state index is 7.25. The summed E-state index contributed by atoms with van der Waals surface area (Å²) in [6, 6.07) is 63.2. The van der Waals surface area contributed by atoms with E-state index in [4.69, 9.17) is 4.42 Å². The minimum atomic E-state index is -0.158. The smallest absolute Gasteiger partial charge is 0.159 e. The zero-order valence-corrected chi connectivity index (χ0v) is 28.6. The second kappa shape index (κ2) is 11.3. The molecule has 1 heterocycles. The van der Waals surface area contributed by atoms with Gasteiger partial charge in [0.1, 0.15) is 5.58 Å². The second-order valence-corrected chi connectivity index (χ2v) is 14.1. The highest BCUT2D eigenvalue weighted by Gasteiger charge is 2.39. The maximum atomic E-state index is 7.25. The molecule has 0 saturated heterocycles. The van der Waals surface area contributed by atoms with Crippen LogP contribution in [0.5, 0.6) is 0 Å². The highest BCUT2D eigenvalue weighted by atomic mass is 16.3. The molecule has 0 spiro atoms. The lowest BCUT2D eigenvalue weighted by Gasteiger charge is -2.26. The third-order valence-corrected chi connectivity index (χ3v) is 10.8. The van der Waals surface area contributed by atoms with Gasteiger partial charge in [0.05, 0.1) is 5.69 Å². The van der Waals surface area contributed by atoms with Gasteiger partial charge in [0, 0.05) is 33.1 Å². The summed E-state index contributed by atoms with van der Waals surface area (Å²) >= 11 is 0. The van der Waals surface area contributed by atoms with Crippen molar-refractivity contribution in [3.05, 3.63) is 187 Å². The normalized spacial score (nSPS) is 13.1. The lowest BCUT2D eigenvalue weighted by atomic mass is 9.79. The number of hydrogen-bond donors (Lipinski definition) is 0. The summed E-state index contributed by atoms with van der Waals surface area (Å²) in [6.07, 6.45) is 0. The van der Waals surface area contributed by atoms with Crippen LogP contribution in [0.2, 0.25) is 0 Å². The summed E-state index contributed by atoms with van der Waals surface area (Å²) in [7, 11) is 0. The van der Waals surface area contributed by atoms with Crippen LogP contribution in [0.1, 0.15) is 25.0 Å². The largest absolute Gasteiger partial charge is 0.453 e. The Bertz CT molecular complexity index is 2660. The van der Waals surface area contributed by atoms with E-state index >= 15 is 0 Å². The maximum Gasteiger partial charge on any atom is 0.159 e. The van der Waals surface area contributed by atoms with E-state index in [0.29, 0.717) is 0 Å². The van der Waals surface area contributed by atoms with Gasteiger partial charge in [-0.2, -0.15) is 0 Å². The van der Waals surface area contributed by atoms with E-state index < -0.39 is 0 Å². The van der Waals surface area contributed by atoms with Gasteiger partial charge in [-0.05, 0) is 80.0 Å². The Morgan fingerprint density at radius 3 is 1.57 bits per heavy atom. The molecule has 2 heteroatoms. The zero-order valence-electron chi connectivity index (χ0n) is 28.6. The standard InChI is InChI=1S/C49H35NO/c1-49(2)42-22-12-11-20-40(42)45-46(49)39-19-10-9-18-38(39)44-41-21-13-23-43(47(41)51-48(44)45)50(36-28-24-34(25-29-36)32-14-5-3-6-15-32)37-30-26-35(27-31-37)33-16-7-4-8-17-33/h3-31H,1-2H3. The van der Waals surface area contributed by atoms with Crippen LogP contribution in [0.25, 0.3) is 66.1 Å². The number of nitrogens with zero attached hydrogens (tertiary/aromatic N) is 1. The Morgan fingerprint density at radius 1 is 0.431 bits per heavy atom. The molecular weight excluding hydrogens is 619 g/mol. The van der Waals surface area contributed by atoms with E-state index in [1.807, 2.05) is 0 Å². The Hall–Kier alpha value is -6.38. The number of furan rings is 1. The molecule has 0 N–H and O–H groups in total. The third kappa shape index (κ3) is 4.50. The van der Waals surface area contributed by atoms with Gasteiger partial charge in [-0.3, -0.25) is 0 Å². The molecule has 0 unspecified atom stereocenters. The van der Waals surface area contributed by atoms with Crippen LogP contribution < -0.4 is 4.90 Å². The van der Waals surface area contributed by atoms with E-state index in [1.165, 1.54) is 60.7 Å². The fraction of sp³-hybridized carbons (Fsp3) is 0.0612. The van der Waals surface area contributed by atoms with Gasteiger partial charge in [-0.1, -0.05) is 159 Å². The Balaban J connectivity index is 1.23. The molecule has 0 fully saturated rings. The van der Waals surface area contributed by atoms with Crippen molar-refractivity contribution in [3.8, 4) is 33.4 Å². The molecule has 0 radical (unpaired) electrons. The molecule has 1 aliphatic carbocycles. The van der Waals surface area contributed by atoms with Gasteiger partial charge in [-0.25, -0.2) is 0 Å². The first-order chi connectivity index (χ1) is 25.1. The number of rotatable bonds is 5. The molecule has 0 aliphatic heterocycles. The first kappa shape index (κ1) is 29.5. The van der Waals surface area contributed by atoms with Crippen molar-refractivity contribution in [2.75, 3.05) is 4.90 Å². The summed E-state index contributed by atoms with van der Waals surface area (Å²) in [6.45, 7) is 4.70.